The van der Waals surface area contributed by atoms with Crippen molar-refractivity contribution in [2.75, 3.05) is 32.4 Å². The SMILES string of the molecule is CSC(C)(C)CNCC1CCNCC1. The predicted octanol–water partition coefficient (Wildman–Crippen LogP) is 1.72. The topological polar surface area (TPSA) is 24.1 Å². The van der Waals surface area contributed by atoms with Gasteiger partial charge in [-0.05, 0) is 58.5 Å². The van der Waals surface area contributed by atoms with Crippen LogP contribution in [0, 0.1) is 5.92 Å². The quantitative estimate of drug-likeness (QED) is 0.732. The summed E-state index contributed by atoms with van der Waals surface area (Å²) in [5, 5.41) is 7.00. The van der Waals surface area contributed by atoms with Gasteiger partial charge in [0.1, 0.15) is 0 Å². The summed E-state index contributed by atoms with van der Waals surface area (Å²) in [4.78, 5) is 0. The molecule has 0 aromatic heterocycles. The van der Waals surface area contributed by atoms with Gasteiger partial charge in [-0.2, -0.15) is 11.8 Å². The van der Waals surface area contributed by atoms with Gasteiger partial charge < -0.3 is 10.6 Å². The second-order valence-corrected chi connectivity index (χ2v) is 6.30. The molecule has 1 aliphatic heterocycles. The van der Waals surface area contributed by atoms with E-state index in [1.54, 1.807) is 0 Å². The molecule has 0 radical (unpaired) electrons. The lowest BCUT2D eigenvalue weighted by Gasteiger charge is -2.26. The zero-order chi connectivity index (χ0) is 10.4. The van der Waals surface area contributed by atoms with E-state index in [4.69, 9.17) is 0 Å². The molecule has 0 bridgehead atoms. The molecule has 0 amide bonds. The Morgan fingerprint density at radius 2 is 2.00 bits per heavy atom. The minimum atomic E-state index is 0.382. The van der Waals surface area contributed by atoms with Crippen molar-refractivity contribution in [3.05, 3.63) is 0 Å². The van der Waals surface area contributed by atoms with E-state index in [1.807, 2.05) is 11.8 Å². The first-order valence-electron chi connectivity index (χ1n) is 5.60. The lowest BCUT2D eigenvalue weighted by Crippen LogP contribution is -2.38. The predicted molar refractivity (Wildman–Crippen MR) is 66.1 cm³/mol. The summed E-state index contributed by atoms with van der Waals surface area (Å²) in [5.41, 5.74) is 0. The third-order valence-electron chi connectivity index (χ3n) is 3.00. The molecule has 1 rings (SSSR count). The molecule has 1 heterocycles. The van der Waals surface area contributed by atoms with Crippen LogP contribution in [0.5, 0.6) is 0 Å². The van der Waals surface area contributed by atoms with Crippen LogP contribution in [-0.4, -0.2) is 37.2 Å². The molecule has 84 valence electrons. The van der Waals surface area contributed by atoms with Gasteiger partial charge in [0.25, 0.3) is 0 Å². The summed E-state index contributed by atoms with van der Waals surface area (Å²) in [5.74, 6) is 0.897. The molecular formula is C11H24N2S. The zero-order valence-electron chi connectivity index (χ0n) is 9.73. The van der Waals surface area contributed by atoms with Crippen molar-refractivity contribution in [2.45, 2.75) is 31.4 Å². The number of thioether (sulfide) groups is 1. The highest BCUT2D eigenvalue weighted by Crippen LogP contribution is 2.20. The third kappa shape index (κ3) is 4.67. The van der Waals surface area contributed by atoms with Crippen molar-refractivity contribution in [3.63, 3.8) is 0 Å². The van der Waals surface area contributed by atoms with Gasteiger partial charge in [-0.3, -0.25) is 0 Å². The molecule has 0 atom stereocenters. The van der Waals surface area contributed by atoms with E-state index in [1.165, 1.54) is 32.5 Å². The van der Waals surface area contributed by atoms with Crippen molar-refractivity contribution in [2.24, 2.45) is 5.92 Å². The summed E-state index contributed by atoms with van der Waals surface area (Å²) in [6.45, 7) is 9.33. The second-order valence-electron chi connectivity index (χ2n) is 4.79. The standard InChI is InChI=1S/C11H24N2S/c1-11(2,14-3)9-13-8-10-4-6-12-7-5-10/h10,12-13H,4-9H2,1-3H3. The second kappa shape index (κ2) is 5.99. The van der Waals surface area contributed by atoms with Gasteiger partial charge in [0.15, 0.2) is 0 Å². The number of hydrogen-bond donors (Lipinski definition) is 2. The van der Waals surface area contributed by atoms with Crippen LogP contribution in [0.1, 0.15) is 26.7 Å². The number of nitrogens with one attached hydrogen (secondary N) is 2. The van der Waals surface area contributed by atoms with E-state index in [9.17, 15) is 0 Å². The molecule has 0 aromatic rings. The fourth-order valence-electron chi connectivity index (χ4n) is 1.74. The minimum absolute atomic E-state index is 0.382. The Balaban J connectivity index is 2.08. The molecule has 1 aliphatic rings. The maximum absolute atomic E-state index is 3.60. The number of hydrogen-bond acceptors (Lipinski definition) is 3. The Bertz CT molecular complexity index is 153. The Morgan fingerprint density at radius 1 is 1.36 bits per heavy atom. The summed E-state index contributed by atoms with van der Waals surface area (Å²) >= 11 is 1.94. The Kier molecular flexibility index (Phi) is 5.28. The first-order valence-corrected chi connectivity index (χ1v) is 6.83. The largest absolute Gasteiger partial charge is 0.317 e. The molecule has 0 aromatic carbocycles. The highest BCUT2D eigenvalue weighted by molar-refractivity contribution is 7.99. The first-order chi connectivity index (χ1) is 6.64. The zero-order valence-corrected chi connectivity index (χ0v) is 10.5. The van der Waals surface area contributed by atoms with Gasteiger partial charge in [-0.1, -0.05) is 0 Å². The maximum Gasteiger partial charge on any atom is 0.0225 e. The Morgan fingerprint density at radius 3 is 2.57 bits per heavy atom. The van der Waals surface area contributed by atoms with Gasteiger partial charge in [0, 0.05) is 11.3 Å². The highest BCUT2D eigenvalue weighted by Gasteiger charge is 2.17. The highest BCUT2D eigenvalue weighted by atomic mass is 32.2. The van der Waals surface area contributed by atoms with Crippen LogP contribution in [0.3, 0.4) is 0 Å². The lowest BCUT2D eigenvalue weighted by molar-refractivity contribution is 0.353. The van der Waals surface area contributed by atoms with E-state index >= 15 is 0 Å². The van der Waals surface area contributed by atoms with E-state index in [-0.39, 0.29) is 0 Å². The fraction of sp³-hybridized carbons (Fsp3) is 1.00. The van der Waals surface area contributed by atoms with Crippen molar-refractivity contribution < 1.29 is 0 Å². The maximum atomic E-state index is 3.60. The number of rotatable bonds is 5. The molecule has 2 nitrogen and oxygen atoms in total. The summed E-state index contributed by atoms with van der Waals surface area (Å²) in [6, 6.07) is 0. The molecule has 14 heavy (non-hydrogen) atoms. The Hall–Kier alpha value is 0.270. The van der Waals surface area contributed by atoms with Gasteiger partial charge in [-0.25, -0.2) is 0 Å². The third-order valence-corrected chi connectivity index (χ3v) is 4.24. The smallest absolute Gasteiger partial charge is 0.0225 e. The van der Waals surface area contributed by atoms with Gasteiger partial charge in [0.05, 0.1) is 0 Å². The minimum Gasteiger partial charge on any atom is -0.317 e. The first kappa shape index (κ1) is 12.3. The van der Waals surface area contributed by atoms with E-state index in [0.717, 1.165) is 12.5 Å². The van der Waals surface area contributed by atoms with Crippen molar-refractivity contribution in [1.82, 2.24) is 10.6 Å². The summed E-state index contributed by atoms with van der Waals surface area (Å²) in [7, 11) is 0. The van der Waals surface area contributed by atoms with E-state index in [0.29, 0.717) is 4.75 Å². The van der Waals surface area contributed by atoms with Crippen molar-refractivity contribution in [1.29, 1.82) is 0 Å². The molecule has 1 fully saturated rings. The van der Waals surface area contributed by atoms with Gasteiger partial charge in [0.2, 0.25) is 0 Å². The van der Waals surface area contributed by atoms with Crippen LogP contribution in [0.4, 0.5) is 0 Å². The van der Waals surface area contributed by atoms with Crippen LogP contribution in [-0.2, 0) is 0 Å². The molecule has 1 saturated heterocycles. The normalized spacial score (nSPS) is 19.9. The monoisotopic (exact) mass is 216 g/mol. The lowest BCUT2D eigenvalue weighted by atomic mass is 9.98. The molecule has 0 spiro atoms. The van der Waals surface area contributed by atoms with E-state index < -0.39 is 0 Å². The average molecular weight is 216 g/mol. The molecular weight excluding hydrogens is 192 g/mol. The van der Waals surface area contributed by atoms with Gasteiger partial charge in [-0.15, -0.1) is 0 Å². The van der Waals surface area contributed by atoms with Crippen LogP contribution in [0.25, 0.3) is 0 Å². The molecule has 0 aliphatic carbocycles. The van der Waals surface area contributed by atoms with Crippen LogP contribution >= 0.6 is 11.8 Å². The summed E-state index contributed by atoms with van der Waals surface area (Å²) in [6.07, 6.45) is 4.87. The molecule has 2 N–H and O–H groups in total. The van der Waals surface area contributed by atoms with Crippen molar-refractivity contribution in [3.8, 4) is 0 Å². The van der Waals surface area contributed by atoms with Crippen LogP contribution < -0.4 is 10.6 Å². The molecule has 3 heteroatoms. The summed E-state index contributed by atoms with van der Waals surface area (Å²) < 4.78 is 0.382. The number of piperidine rings is 1. The van der Waals surface area contributed by atoms with Crippen LogP contribution in [0.15, 0.2) is 0 Å². The molecule has 0 saturated carbocycles. The van der Waals surface area contributed by atoms with Crippen LogP contribution in [0.2, 0.25) is 0 Å². The fourth-order valence-corrected chi connectivity index (χ4v) is 1.98. The average Bonchev–Trinajstić information content (AvgIpc) is 2.19. The van der Waals surface area contributed by atoms with Gasteiger partial charge >= 0.3 is 0 Å². The van der Waals surface area contributed by atoms with Crippen molar-refractivity contribution >= 4 is 11.8 Å². The van der Waals surface area contributed by atoms with E-state index in [2.05, 4.69) is 30.7 Å². The Labute approximate surface area is 92.6 Å². The molecule has 0 unspecified atom stereocenters.